The van der Waals surface area contributed by atoms with Crippen molar-refractivity contribution in [1.82, 2.24) is 0 Å². The molecule has 0 radical (unpaired) electrons. The summed E-state index contributed by atoms with van der Waals surface area (Å²) in [6, 6.07) is 16.1. The Bertz CT molecular complexity index is 600. The number of rotatable bonds is 1. The molecule has 1 aliphatic rings. The maximum absolute atomic E-state index is 3.59. The fourth-order valence-corrected chi connectivity index (χ4v) is 3.17. The van der Waals surface area contributed by atoms with Crippen LogP contribution in [0.2, 0.25) is 0 Å². The first-order valence-electron chi connectivity index (χ1n) is 7.08. The molecule has 2 aromatic carbocycles. The number of hydrogen-bond acceptors (Lipinski definition) is 1. The molecule has 0 amide bonds. The molecule has 19 heavy (non-hydrogen) atoms. The van der Waals surface area contributed by atoms with Crippen molar-refractivity contribution in [2.24, 2.45) is 0 Å². The van der Waals surface area contributed by atoms with Gasteiger partial charge >= 0.3 is 0 Å². The normalized spacial score (nSPS) is 21.6. The summed E-state index contributed by atoms with van der Waals surface area (Å²) < 4.78 is 0. The zero-order valence-electron chi connectivity index (χ0n) is 11.9. The molecule has 2 unspecified atom stereocenters. The van der Waals surface area contributed by atoms with Crippen molar-refractivity contribution >= 4 is 5.69 Å². The summed E-state index contributed by atoms with van der Waals surface area (Å²) >= 11 is 0. The number of fused-ring (bicyclic) bond motifs is 1. The molecular weight excluding hydrogens is 230 g/mol. The van der Waals surface area contributed by atoms with Gasteiger partial charge in [-0.05, 0) is 49.9 Å². The van der Waals surface area contributed by atoms with Crippen molar-refractivity contribution in [3.63, 3.8) is 0 Å². The monoisotopic (exact) mass is 251 g/mol. The summed E-state index contributed by atoms with van der Waals surface area (Å²) in [5.74, 6) is 0.521. The molecule has 0 bridgehead atoms. The molecule has 1 nitrogen and oxygen atoms in total. The van der Waals surface area contributed by atoms with Gasteiger partial charge in [0.2, 0.25) is 0 Å². The summed E-state index contributed by atoms with van der Waals surface area (Å²) in [7, 11) is 0. The van der Waals surface area contributed by atoms with Gasteiger partial charge in [-0.3, -0.25) is 0 Å². The summed E-state index contributed by atoms with van der Waals surface area (Å²) in [5, 5.41) is 3.59. The van der Waals surface area contributed by atoms with Crippen LogP contribution >= 0.6 is 0 Å². The lowest BCUT2D eigenvalue weighted by Gasteiger charge is -2.32. The average molecular weight is 251 g/mol. The van der Waals surface area contributed by atoms with E-state index in [2.05, 4.69) is 68.6 Å². The SMILES string of the molecule is Cc1ccc(C)c(C2CC(C)Nc3ccccc32)c1. The van der Waals surface area contributed by atoms with E-state index in [1.807, 2.05) is 0 Å². The van der Waals surface area contributed by atoms with Crippen molar-refractivity contribution in [3.8, 4) is 0 Å². The number of para-hydroxylation sites is 1. The molecule has 1 aliphatic heterocycles. The third-order valence-electron chi connectivity index (χ3n) is 4.14. The van der Waals surface area contributed by atoms with E-state index in [0.717, 1.165) is 0 Å². The Hall–Kier alpha value is -1.76. The summed E-state index contributed by atoms with van der Waals surface area (Å²) in [6.45, 7) is 6.68. The molecule has 3 rings (SSSR count). The highest BCUT2D eigenvalue weighted by molar-refractivity contribution is 5.59. The van der Waals surface area contributed by atoms with Crippen molar-refractivity contribution < 1.29 is 0 Å². The van der Waals surface area contributed by atoms with Gasteiger partial charge in [0.1, 0.15) is 0 Å². The van der Waals surface area contributed by atoms with Crippen LogP contribution in [0, 0.1) is 13.8 Å². The van der Waals surface area contributed by atoms with E-state index in [9.17, 15) is 0 Å². The Morgan fingerprint density at radius 1 is 1.00 bits per heavy atom. The third kappa shape index (κ3) is 2.25. The van der Waals surface area contributed by atoms with Crippen molar-refractivity contribution in [2.45, 2.75) is 39.2 Å². The molecule has 0 spiro atoms. The summed E-state index contributed by atoms with van der Waals surface area (Å²) in [5.41, 5.74) is 6.98. The summed E-state index contributed by atoms with van der Waals surface area (Å²) in [4.78, 5) is 0. The molecule has 1 N–H and O–H groups in total. The van der Waals surface area contributed by atoms with E-state index in [1.165, 1.54) is 34.4 Å². The third-order valence-corrected chi connectivity index (χ3v) is 4.14. The van der Waals surface area contributed by atoms with Gasteiger partial charge in [0, 0.05) is 17.6 Å². The Morgan fingerprint density at radius 3 is 2.63 bits per heavy atom. The fourth-order valence-electron chi connectivity index (χ4n) is 3.17. The van der Waals surface area contributed by atoms with E-state index in [0.29, 0.717) is 12.0 Å². The van der Waals surface area contributed by atoms with Gasteiger partial charge < -0.3 is 5.32 Å². The zero-order chi connectivity index (χ0) is 13.4. The quantitative estimate of drug-likeness (QED) is 0.778. The van der Waals surface area contributed by atoms with E-state index in [4.69, 9.17) is 0 Å². The van der Waals surface area contributed by atoms with E-state index >= 15 is 0 Å². The second kappa shape index (κ2) is 4.73. The van der Waals surface area contributed by atoms with Crippen molar-refractivity contribution in [1.29, 1.82) is 0 Å². The molecule has 0 aromatic heterocycles. The first kappa shape index (κ1) is 12.3. The topological polar surface area (TPSA) is 12.0 Å². The molecule has 0 aliphatic carbocycles. The van der Waals surface area contributed by atoms with Crippen molar-refractivity contribution in [2.75, 3.05) is 5.32 Å². The molecule has 2 aromatic rings. The lowest BCUT2D eigenvalue weighted by molar-refractivity contribution is 0.612. The van der Waals surface area contributed by atoms with Crippen LogP contribution in [0.1, 0.15) is 41.5 Å². The predicted molar refractivity (Wildman–Crippen MR) is 81.9 cm³/mol. The molecule has 0 fully saturated rings. The minimum Gasteiger partial charge on any atom is -0.382 e. The average Bonchev–Trinajstić information content (AvgIpc) is 2.40. The van der Waals surface area contributed by atoms with Gasteiger partial charge in [0.05, 0.1) is 0 Å². The Kier molecular flexibility index (Phi) is 3.06. The van der Waals surface area contributed by atoms with Crippen LogP contribution in [-0.2, 0) is 0 Å². The standard InChI is InChI=1S/C18H21N/c1-12-8-9-13(2)16(10-12)17-11-14(3)19-18-7-5-4-6-15(17)18/h4-10,14,17,19H,11H2,1-3H3. The van der Waals surface area contributed by atoms with E-state index < -0.39 is 0 Å². The zero-order valence-corrected chi connectivity index (χ0v) is 11.9. The highest BCUT2D eigenvalue weighted by Gasteiger charge is 2.26. The van der Waals surface area contributed by atoms with Crippen LogP contribution in [0.25, 0.3) is 0 Å². The van der Waals surface area contributed by atoms with E-state index in [-0.39, 0.29) is 0 Å². The van der Waals surface area contributed by atoms with Gasteiger partial charge in [-0.15, -0.1) is 0 Å². The van der Waals surface area contributed by atoms with Crippen LogP contribution in [0.5, 0.6) is 0 Å². The van der Waals surface area contributed by atoms with Crippen LogP contribution < -0.4 is 5.32 Å². The van der Waals surface area contributed by atoms with Crippen LogP contribution in [0.4, 0.5) is 5.69 Å². The van der Waals surface area contributed by atoms with Gasteiger partial charge in [-0.2, -0.15) is 0 Å². The second-order valence-corrected chi connectivity index (χ2v) is 5.78. The number of anilines is 1. The van der Waals surface area contributed by atoms with Gasteiger partial charge in [-0.25, -0.2) is 0 Å². The number of hydrogen-bond donors (Lipinski definition) is 1. The fraction of sp³-hybridized carbons (Fsp3) is 0.333. The van der Waals surface area contributed by atoms with Crippen molar-refractivity contribution in [3.05, 3.63) is 64.7 Å². The van der Waals surface area contributed by atoms with Crippen LogP contribution in [0.15, 0.2) is 42.5 Å². The van der Waals surface area contributed by atoms with Crippen LogP contribution in [-0.4, -0.2) is 6.04 Å². The molecule has 0 saturated heterocycles. The minimum atomic E-state index is 0.521. The first-order chi connectivity index (χ1) is 9.15. The molecule has 1 heterocycles. The largest absolute Gasteiger partial charge is 0.382 e. The second-order valence-electron chi connectivity index (χ2n) is 5.78. The molecule has 0 saturated carbocycles. The maximum Gasteiger partial charge on any atom is 0.0381 e. The molecule has 1 heteroatoms. The number of benzene rings is 2. The lowest BCUT2D eigenvalue weighted by Crippen LogP contribution is -2.26. The van der Waals surface area contributed by atoms with Gasteiger partial charge in [0.25, 0.3) is 0 Å². The Labute approximate surface area is 115 Å². The number of aryl methyl sites for hydroxylation is 2. The Balaban J connectivity index is 2.12. The number of nitrogens with one attached hydrogen (secondary N) is 1. The smallest absolute Gasteiger partial charge is 0.0381 e. The minimum absolute atomic E-state index is 0.521. The predicted octanol–water partition coefficient (Wildman–Crippen LogP) is 4.64. The highest BCUT2D eigenvalue weighted by atomic mass is 14.9. The lowest BCUT2D eigenvalue weighted by atomic mass is 9.80. The molecular formula is C18H21N. The first-order valence-corrected chi connectivity index (χ1v) is 7.08. The highest BCUT2D eigenvalue weighted by Crippen LogP contribution is 2.39. The maximum atomic E-state index is 3.59. The van der Waals surface area contributed by atoms with E-state index in [1.54, 1.807) is 0 Å². The van der Waals surface area contributed by atoms with Crippen LogP contribution in [0.3, 0.4) is 0 Å². The Morgan fingerprint density at radius 2 is 1.79 bits per heavy atom. The molecule has 98 valence electrons. The summed E-state index contributed by atoms with van der Waals surface area (Å²) in [6.07, 6.45) is 1.17. The molecule has 2 atom stereocenters. The van der Waals surface area contributed by atoms with Gasteiger partial charge in [0.15, 0.2) is 0 Å². The van der Waals surface area contributed by atoms with Gasteiger partial charge in [-0.1, -0.05) is 42.0 Å².